The van der Waals surface area contributed by atoms with Gasteiger partial charge in [0.15, 0.2) is 0 Å². The van der Waals surface area contributed by atoms with Crippen LogP contribution >= 0.6 is 12.4 Å². The lowest BCUT2D eigenvalue weighted by atomic mass is 9.84. The van der Waals surface area contributed by atoms with Gasteiger partial charge in [-0.2, -0.15) is 0 Å². The van der Waals surface area contributed by atoms with Crippen molar-refractivity contribution in [3.63, 3.8) is 0 Å². The quantitative estimate of drug-likeness (QED) is 0.790. The van der Waals surface area contributed by atoms with Crippen molar-refractivity contribution in [3.8, 4) is 0 Å². The third-order valence-electron chi connectivity index (χ3n) is 4.47. The molecule has 1 fully saturated rings. The fraction of sp³-hybridized carbons (Fsp3) is 0.933. The minimum Gasteiger partial charge on any atom is -0.353 e. The maximum Gasteiger partial charge on any atom is 0.220 e. The second-order valence-electron chi connectivity index (χ2n) is 6.07. The molecule has 3 atom stereocenters. The van der Waals surface area contributed by atoms with Crippen LogP contribution in [0.25, 0.3) is 0 Å². The number of amides is 1. The Labute approximate surface area is 124 Å². The van der Waals surface area contributed by atoms with Gasteiger partial charge in [0, 0.05) is 12.5 Å². The molecule has 114 valence electrons. The molecular weight excluding hydrogens is 260 g/mol. The van der Waals surface area contributed by atoms with E-state index in [4.69, 9.17) is 5.73 Å². The highest BCUT2D eigenvalue weighted by atomic mass is 35.5. The predicted molar refractivity (Wildman–Crippen MR) is 83.4 cm³/mol. The van der Waals surface area contributed by atoms with E-state index in [1.165, 1.54) is 19.3 Å². The molecule has 1 aliphatic carbocycles. The molecular formula is C15H31ClN2O. The topological polar surface area (TPSA) is 55.1 Å². The van der Waals surface area contributed by atoms with E-state index in [0.29, 0.717) is 36.8 Å². The number of nitrogens with one attached hydrogen (secondary N) is 1. The van der Waals surface area contributed by atoms with Crippen molar-refractivity contribution in [1.82, 2.24) is 5.32 Å². The molecule has 0 aliphatic heterocycles. The SMILES string of the molecule is CCC(CC(=O)NC1CCCCC1CN)C(C)C.Cl. The minimum atomic E-state index is 0. The Kier molecular flexibility index (Phi) is 9.46. The molecule has 3 nitrogen and oxygen atoms in total. The van der Waals surface area contributed by atoms with Crippen LogP contribution in [0.3, 0.4) is 0 Å². The summed E-state index contributed by atoms with van der Waals surface area (Å²) in [5.41, 5.74) is 5.79. The van der Waals surface area contributed by atoms with Crippen molar-refractivity contribution < 1.29 is 4.79 Å². The van der Waals surface area contributed by atoms with Gasteiger partial charge >= 0.3 is 0 Å². The second kappa shape index (κ2) is 9.60. The first-order valence-electron chi connectivity index (χ1n) is 7.57. The minimum absolute atomic E-state index is 0. The number of hydrogen-bond acceptors (Lipinski definition) is 2. The molecule has 0 bridgehead atoms. The van der Waals surface area contributed by atoms with Gasteiger partial charge in [-0.25, -0.2) is 0 Å². The van der Waals surface area contributed by atoms with Crippen molar-refractivity contribution in [2.24, 2.45) is 23.5 Å². The van der Waals surface area contributed by atoms with E-state index in [-0.39, 0.29) is 18.3 Å². The zero-order valence-corrected chi connectivity index (χ0v) is 13.5. The van der Waals surface area contributed by atoms with Gasteiger partial charge in [0.2, 0.25) is 5.91 Å². The van der Waals surface area contributed by atoms with E-state index < -0.39 is 0 Å². The molecule has 19 heavy (non-hydrogen) atoms. The highest BCUT2D eigenvalue weighted by Crippen LogP contribution is 2.24. The molecule has 0 spiro atoms. The lowest BCUT2D eigenvalue weighted by Crippen LogP contribution is -2.45. The van der Waals surface area contributed by atoms with Gasteiger partial charge in [0.25, 0.3) is 0 Å². The van der Waals surface area contributed by atoms with E-state index in [1.807, 2.05) is 0 Å². The van der Waals surface area contributed by atoms with Crippen molar-refractivity contribution in [3.05, 3.63) is 0 Å². The number of rotatable bonds is 6. The van der Waals surface area contributed by atoms with Gasteiger partial charge in [-0.15, -0.1) is 12.4 Å². The van der Waals surface area contributed by atoms with Gasteiger partial charge in [-0.3, -0.25) is 4.79 Å². The summed E-state index contributed by atoms with van der Waals surface area (Å²) in [6.07, 6.45) is 6.51. The third kappa shape index (κ3) is 6.13. The van der Waals surface area contributed by atoms with Crippen molar-refractivity contribution >= 4 is 18.3 Å². The molecule has 0 aromatic heterocycles. The van der Waals surface area contributed by atoms with Gasteiger partial charge < -0.3 is 11.1 Å². The van der Waals surface area contributed by atoms with Gasteiger partial charge in [0.05, 0.1) is 0 Å². The van der Waals surface area contributed by atoms with Gasteiger partial charge in [0.1, 0.15) is 0 Å². The van der Waals surface area contributed by atoms with Gasteiger partial charge in [-0.1, -0.05) is 40.0 Å². The number of halogens is 1. The largest absolute Gasteiger partial charge is 0.353 e. The molecule has 1 rings (SSSR count). The van der Waals surface area contributed by atoms with Crippen LogP contribution in [0.15, 0.2) is 0 Å². The Morgan fingerprint density at radius 3 is 2.47 bits per heavy atom. The van der Waals surface area contributed by atoms with Crippen LogP contribution in [0.4, 0.5) is 0 Å². The molecule has 0 aromatic carbocycles. The first kappa shape index (κ1) is 18.7. The van der Waals surface area contributed by atoms with E-state index >= 15 is 0 Å². The smallest absolute Gasteiger partial charge is 0.220 e. The predicted octanol–water partition coefficient (Wildman–Crippen LogP) is 3.11. The maximum atomic E-state index is 12.1. The van der Waals surface area contributed by atoms with Crippen LogP contribution < -0.4 is 11.1 Å². The molecule has 1 amide bonds. The summed E-state index contributed by atoms with van der Waals surface area (Å²) in [6.45, 7) is 7.27. The Balaban J connectivity index is 0.00000324. The molecule has 3 N–H and O–H groups in total. The third-order valence-corrected chi connectivity index (χ3v) is 4.47. The zero-order valence-electron chi connectivity index (χ0n) is 12.7. The highest BCUT2D eigenvalue weighted by Gasteiger charge is 2.26. The summed E-state index contributed by atoms with van der Waals surface area (Å²) >= 11 is 0. The lowest BCUT2D eigenvalue weighted by Gasteiger charge is -2.32. The summed E-state index contributed by atoms with van der Waals surface area (Å²) in [4.78, 5) is 12.1. The van der Waals surface area contributed by atoms with E-state index in [9.17, 15) is 4.79 Å². The fourth-order valence-corrected chi connectivity index (χ4v) is 3.04. The van der Waals surface area contributed by atoms with E-state index in [1.54, 1.807) is 0 Å². The van der Waals surface area contributed by atoms with Gasteiger partial charge in [-0.05, 0) is 37.1 Å². The van der Waals surface area contributed by atoms with Crippen LogP contribution in [0.2, 0.25) is 0 Å². The first-order valence-corrected chi connectivity index (χ1v) is 7.57. The summed E-state index contributed by atoms with van der Waals surface area (Å²) < 4.78 is 0. The lowest BCUT2D eigenvalue weighted by molar-refractivity contribution is -0.123. The molecule has 1 aliphatic rings. The first-order chi connectivity index (χ1) is 8.58. The molecule has 1 saturated carbocycles. The van der Waals surface area contributed by atoms with E-state index in [2.05, 4.69) is 26.1 Å². The molecule has 0 radical (unpaired) electrons. The van der Waals surface area contributed by atoms with Crippen molar-refractivity contribution in [1.29, 1.82) is 0 Å². The summed E-state index contributed by atoms with van der Waals surface area (Å²) in [5.74, 6) is 1.80. The second-order valence-corrected chi connectivity index (χ2v) is 6.07. The van der Waals surface area contributed by atoms with Crippen molar-refractivity contribution in [2.75, 3.05) is 6.54 Å². The average Bonchev–Trinajstić information content (AvgIpc) is 2.36. The normalized spacial score (nSPS) is 24.7. The van der Waals surface area contributed by atoms with Crippen LogP contribution in [-0.2, 0) is 4.79 Å². The molecule has 0 aromatic rings. The maximum absolute atomic E-state index is 12.1. The Hall–Kier alpha value is -0.280. The standard InChI is InChI=1S/C15H30N2O.ClH/c1-4-12(11(2)3)9-15(18)17-14-8-6-5-7-13(14)10-16;/h11-14H,4-10,16H2,1-3H3,(H,17,18);1H. The van der Waals surface area contributed by atoms with Crippen LogP contribution in [0.5, 0.6) is 0 Å². The molecule has 4 heteroatoms. The molecule has 0 heterocycles. The number of nitrogens with two attached hydrogens (primary N) is 1. The fourth-order valence-electron chi connectivity index (χ4n) is 3.04. The number of carbonyl (C=O) groups excluding carboxylic acids is 1. The molecule has 3 unspecified atom stereocenters. The summed E-state index contributed by atoms with van der Waals surface area (Å²) in [7, 11) is 0. The summed E-state index contributed by atoms with van der Waals surface area (Å²) in [6, 6.07) is 0.320. The van der Waals surface area contributed by atoms with E-state index in [0.717, 1.165) is 12.8 Å². The monoisotopic (exact) mass is 290 g/mol. The van der Waals surface area contributed by atoms with Crippen molar-refractivity contribution in [2.45, 2.75) is 65.3 Å². The Morgan fingerprint density at radius 2 is 1.95 bits per heavy atom. The average molecular weight is 291 g/mol. The number of carbonyl (C=O) groups is 1. The van der Waals surface area contributed by atoms with Crippen LogP contribution in [0, 0.1) is 17.8 Å². The Bertz CT molecular complexity index is 259. The Morgan fingerprint density at radius 1 is 1.32 bits per heavy atom. The zero-order chi connectivity index (χ0) is 13.5. The molecule has 0 saturated heterocycles. The summed E-state index contributed by atoms with van der Waals surface area (Å²) in [5, 5.41) is 3.22. The van der Waals surface area contributed by atoms with Crippen LogP contribution in [-0.4, -0.2) is 18.5 Å². The highest BCUT2D eigenvalue weighted by molar-refractivity contribution is 5.85. The number of hydrogen-bond donors (Lipinski definition) is 2. The van der Waals surface area contributed by atoms with Crippen LogP contribution in [0.1, 0.15) is 59.3 Å².